The predicted octanol–water partition coefficient (Wildman–Crippen LogP) is 2.55. The Morgan fingerprint density at radius 1 is 1.32 bits per heavy atom. The Bertz CT molecular complexity index is 570. The van der Waals surface area contributed by atoms with Crippen LogP contribution in [0.2, 0.25) is 0 Å². The van der Waals surface area contributed by atoms with Crippen molar-refractivity contribution in [2.75, 3.05) is 5.75 Å². The Morgan fingerprint density at radius 3 is 2.41 bits per heavy atom. The van der Waals surface area contributed by atoms with E-state index in [-0.39, 0.29) is 5.75 Å². The van der Waals surface area contributed by atoms with Crippen LogP contribution in [0.3, 0.4) is 0 Å². The molecule has 0 aliphatic carbocycles. The van der Waals surface area contributed by atoms with Gasteiger partial charge in [-0.3, -0.25) is 4.90 Å². The van der Waals surface area contributed by atoms with E-state index in [0.29, 0.717) is 0 Å². The van der Waals surface area contributed by atoms with Crippen LogP contribution in [0.15, 0.2) is 28.7 Å². The molecule has 7 heteroatoms. The number of carboxylic acid groups (broad SMARTS) is 1. The molecule has 2 rings (SSSR count). The van der Waals surface area contributed by atoms with Crippen molar-refractivity contribution in [1.82, 2.24) is 4.90 Å². The molecule has 0 spiro atoms. The van der Waals surface area contributed by atoms with Crippen LogP contribution in [-0.2, 0) is 9.53 Å². The topological polar surface area (TPSA) is 69.7 Å². The first-order valence-corrected chi connectivity index (χ1v) is 8.62. The first kappa shape index (κ1) is 17.1. The van der Waals surface area contributed by atoms with E-state index in [1.165, 1.54) is 16.7 Å². The number of carboxylic acids is 1. The number of amides is 1. The summed E-state index contributed by atoms with van der Waals surface area (Å²) in [5.74, 6) is -0.986. The maximum Gasteiger partial charge on any atom is 0.412 e. The summed E-state index contributed by atoms with van der Waals surface area (Å²) in [4.78, 5) is 25.0. The number of thioether (sulfide) groups is 1. The van der Waals surface area contributed by atoms with Crippen LogP contribution in [0, 0.1) is 0 Å². The number of carbonyl (C=O) groups excluding carboxylic acids is 2. The third kappa shape index (κ3) is 3.95. The van der Waals surface area contributed by atoms with Crippen LogP contribution in [0.4, 0.5) is 4.79 Å². The molecule has 0 aromatic heterocycles. The molecule has 1 aliphatic rings. The molecule has 5 nitrogen and oxygen atoms in total. The largest absolute Gasteiger partial charge is 0.548 e. The highest BCUT2D eigenvalue weighted by Gasteiger charge is 2.41. The zero-order valence-corrected chi connectivity index (χ0v) is 14.9. The number of carbonyl (C=O) groups is 2. The van der Waals surface area contributed by atoms with Gasteiger partial charge in [-0.25, -0.2) is 4.79 Å². The van der Waals surface area contributed by atoms with Crippen LogP contribution in [0.5, 0.6) is 0 Å². The molecule has 1 aliphatic heterocycles. The molecule has 1 aromatic carbocycles. The molecule has 1 amide bonds. The SMILES string of the molecule is CC(C)(C)OC(=O)N1[C@@H](C(=O)[O-])CS[C@H]1c1ccc(Br)cc1. The first-order valence-electron chi connectivity index (χ1n) is 6.78. The van der Waals surface area contributed by atoms with E-state index in [1.54, 1.807) is 20.8 Å². The van der Waals surface area contributed by atoms with Gasteiger partial charge in [0.25, 0.3) is 0 Å². The van der Waals surface area contributed by atoms with Gasteiger partial charge < -0.3 is 14.6 Å². The zero-order valence-electron chi connectivity index (χ0n) is 12.5. The fourth-order valence-corrected chi connectivity index (χ4v) is 3.78. The molecular weight excluding hydrogens is 370 g/mol. The second-order valence-electron chi connectivity index (χ2n) is 5.96. The van der Waals surface area contributed by atoms with E-state index < -0.39 is 29.1 Å². The summed E-state index contributed by atoms with van der Waals surface area (Å²) in [6, 6.07) is 6.44. The number of rotatable bonds is 2. The average molecular weight is 387 g/mol. The Balaban J connectivity index is 2.30. The second-order valence-corrected chi connectivity index (χ2v) is 7.99. The lowest BCUT2D eigenvalue weighted by Crippen LogP contribution is -2.50. The minimum Gasteiger partial charge on any atom is -0.548 e. The predicted molar refractivity (Wildman–Crippen MR) is 86.2 cm³/mol. The van der Waals surface area contributed by atoms with Crippen molar-refractivity contribution < 1.29 is 19.4 Å². The molecule has 0 unspecified atom stereocenters. The molecule has 0 bridgehead atoms. The monoisotopic (exact) mass is 386 g/mol. The smallest absolute Gasteiger partial charge is 0.412 e. The normalized spacial score (nSPS) is 21.7. The molecule has 1 fully saturated rings. The molecule has 0 radical (unpaired) electrons. The van der Waals surface area contributed by atoms with E-state index in [0.717, 1.165) is 10.0 Å². The van der Waals surface area contributed by atoms with Gasteiger partial charge in [-0.05, 0) is 38.5 Å². The van der Waals surface area contributed by atoms with Crippen molar-refractivity contribution in [3.63, 3.8) is 0 Å². The fraction of sp³-hybridized carbons (Fsp3) is 0.467. The van der Waals surface area contributed by atoms with Crippen molar-refractivity contribution in [2.24, 2.45) is 0 Å². The lowest BCUT2D eigenvalue weighted by molar-refractivity contribution is -0.310. The minimum atomic E-state index is -1.27. The zero-order chi connectivity index (χ0) is 16.5. The molecule has 0 N–H and O–H groups in total. The lowest BCUT2D eigenvalue weighted by atomic mass is 10.2. The highest BCUT2D eigenvalue weighted by Crippen LogP contribution is 2.42. The highest BCUT2D eigenvalue weighted by atomic mass is 79.9. The van der Waals surface area contributed by atoms with Crippen molar-refractivity contribution in [1.29, 1.82) is 0 Å². The van der Waals surface area contributed by atoms with Gasteiger partial charge in [0.2, 0.25) is 0 Å². The van der Waals surface area contributed by atoms with Gasteiger partial charge in [-0.15, -0.1) is 11.8 Å². The number of halogens is 1. The average Bonchev–Trinajstić information content (AvgIpc) is 2.82. The number of benzene rings is 1. The van der Waals surface area contributed by atoms with Crippen molar-refractivity contribution in [3.05, 3.63) is 34.3 Å². The Morgan fingerprint density at radius 2 is 1.91 bits per heavy atom. The lowest BCUT2D eigenvalue weighted by Gasteiger charge is -2.32. The summed E-state index contributed by atoms with van der Waals surface area (Å²) >= 11 is 4.75. The van der Waals surface area contributed by atoms with Gasteiger partial charge in [0.15, 0.2) is 0 Å². The Labute approximate surface area is 142 Å². The second kappa shape index (κ2) is 6.50. The quantitative estimate of drug-likeness (QED) is 0.780. The summed E-state index contributed by atoms with van der Waals surface area (Å²) in [5, 5.41) is 10.9. The molecule has 120 valence electrons. The van der Waals surface area contributed by atoms with Crippen LogP contribution < -0.4 is 5.11 Å². The number of hydrogen-bond donors (Lipinski definition) is 0. The van der Waals surface area contributed by atoms with E-state index in [1.807, 2.05) is 24.3 Å². The van der Waals surface area contributed by atoms with E-state index in [2.05, 4.69) is 15.9 Å². The van der Waals surface area contributed by atoms with Gasteiger partial charge in [-0.2, -0.15) is 0 Å². The molecule has 1 heterocycles. The standard InChI is InChI=1S/C15H18BrNO4S/c1-15(2,3)21-14(20)17-11(13(18)19)8-22-12(17)9-4-6-10(16)7-5-9/h4-7,11-12H,8H2,1-3H3,(H,18,19)/p-1/t11-,12+/m1/s1. The van der Waals surface area contributed by atoms with Gasteiger partial charge in [-0.1, -0.05) is 28.1 Å². The molecule has 22 heavy (non-hydrogen) atoms. The summed E-state index contributed by atoms with van der Waals surface area (Å²) in [6.07, 6.45) is -0.639. The Kier molecular flexibility index (Phi) is 5.07. The van der Waals surface area contributed by atoms with Gasteiger partial charge in [0, 0.05) is 10.2 Å². The van der Waals surface area contributed by atoms with E-state index in [4.69, 9.17) is 4.74 Å². The third-order valence-electron chi connectivity index (χ3n) is 3.03. The molecule has 1 saturated heterocycles. The van der Waals surface area contributed by atoms with E-state index in [9.17, 15) is 14.7 Å². The molecular formula is C15H17BrNO4S-. The van der Waals surface area contributed by atoms with Crippen LogP contribution >= 0.6 is 27.7 Å². The van der Waals surface area contributed by atoms with Gasteiger partial charge >= 0.3 is 6.09 Å². The number of hydrogen-bond acceptors (Lipinski definition) is 5. The minimum absolute atomic E-state index is 0.280. The van der Waals surface area contributed by atoms with Crippen molar-refractivity contribution in [3.8, 4) is 0 Å². The Hall–Kier alpha value is -1.21. The number of nitrogens with zero attached hydrogens (tertiary/aromatic N) is 1. The maximum absolute atomic E-state index is 12.4. The number of ether oxygens (including phenoxy) is 1. The maximum atomic E-state index is 12.4. The summed E-state index contributed by atoms with van der Waals surface area (Å²) < 4.78 is 6.27. The highest BCUT2D eigenvalue weighted by molar-refractivity contribution is 9.10. The summed E-state index contributed by atoms with van der Waals surface area (Å²) in [7, 11) is 0. The fourth-order valence-electron chi connectivity index (χ4n) is 2.11. The molecule has 1 aromatic rings. The van der Waals surface area contributed by atoms with Crippen LogP contribution in [0.1, 0.15) is 31.7 Å². The third-order valence-corrected chi connectivity index (χ3v) is 4.88. The van der Waals surface area contributed by atoms with Crippen LogP contribution in [-0.4, -0.2) is 34.4 Å². The van der Waals surface area contributed by atoms with Gasteiger partial charge in [0.1, 0.15) is 11.0 Å². The van der Waals surface area contributed by atoms with Gasteiger partial charge in [0.05, 0.1) is 12.0 Å². The summed E-state index contributed by atoms with van der Waals surface area (Å²) in [6.45, 7) is 5.24. The first-order chi connectivity index (χ1) is 10.2. The summed E-state index contributed by atoms with van der Waals surface area (Å²) in [5.41, 5.74) is 0.160. The number of aliphatic carboxylic acids is 1. The molecule has 2 atom stereocenters. The van der Waals surface area contributed by atoms with E-state index >= 15 is 0 Å². The van der Waals surface area contributed by atoms with Crippen molar-refractivity contribution in [2.45, 2.75) is 37.8 Å². The van der Waals surface area contributed by atoms with Crippen LogP contribution in [0.25, 0.3) is 0 Å². The van der Waals surface area contributed by atoms with Crippen molar-refractivity contribution >= 4 is 39.8 Å². The molecule has 0 saturated carbocycles.